The molecule has 0 amide bonds. The highest BCUT2D eigenvalue weighted by molar-refractivity contribution is 6.30. The number of carboxylic acid groups (broad SMARTS) is 1. The lowest BCUT2D eigenvalue weighted by atomic mass is 9.88. The highest BCUT2D eigenvalue weighted by Gasteiger charge is 2.26. The van der Waals surface area contributed by atoms with Crippen LogP contribution in [0.2, 0.25) is 5.02 Å². The Hall–Kier alpha value is -2.38. The zero-order chi connectivity index (χ0) is 18.7. The van der Waals surface area contributed by atoms with Crippen LogP contribution < -0.4 is 0 Å². The van der Waals surface area contributed by atoms with Gasteiger partial charge in [0.25, 0.3) is 0 Å². The van der Waals surface area contributed by atoms with Crippen LogP contribution in [0.3, 0.4) is 0 Å². The second kappa shape index (κ2) is 7.67. The summed E-state index contributed by atoms with van der Waals surface area (Å²) in [4.78, 5) is 16.6. The molecule has 1 heterocycles. The molecule has 25 heavy (non-hydrogen) atoms. The number of rotatable bonds is 5. The summed E-state index contributed by atoms with van der Waals surface area (Å²) in [5, 5.41) is 20.1. The number of nitrogens with zero attached hydrogens (tertiary/aromatic N) is 2. The van der Waals surface area contributed by atoms with Crippen LogP contribution in [0, 0.1) is 17.2 Å². The first-order valence-electron chi connectivity index (χ1n) is 8.22. The third kappa shape index (κ3) is 4.00. The van der Waals surface area contributed by atoms with Crippen molar-refractivity contribution >= 4 is 17.6 Å². The number of hydrogen-bond acceptors (Lipinski definition) is 3. The van der Waals surface area contributed by atoms with E-state index in [4.69, 9.17) is 11.6 Å². The van der Waals surface area contributed by atoms with E-state index >= 15 is 0 Å². The SMILES string of the molecule is CC(C)Cc1nc(C(C)C)c(C(=O)O)c(-c2ccc(Cl)cc2)c1C#N. The van der Waals surface area contributed by atoms with Crippen LogP contribution in [0.4, 0.5) is 0 Å². The van der Waals surface area contributed by atoms with Gasteiger partial charge in [-0.05, 0) is 36.0 Å². The number of hydrogen-bond donors (Lipinski definition) is 1. The highest BCUT2D eigenvalue weighted by Crippen LogP contribution is 2.35. The molecule has 1 N–H and O–H groups in total. The number of pyridine rings is 1. The molecule has 0 radical (unpaired) electrons. The van der Waals surface area contributed by atoms with Gasteiger partial charge in [0.2, 0.25) is 0 Å². The lowest BCUT2D eigenvalue weighted by molar-refractivity contribution is 0.0695. The summed E-state index contributed by atoms with van der Waals surface area (Å²) in [7, 11) is 0. The summed E-state index contributed by atoms with van der Waals surface area (Å²) in [5.74, 6) is -0.849. The minimum Gasteiger partial charge on any atom is -0.478 e. The predicted molar refractivity (Wildman–Crippen MR) is 99.0 cm³/mol. The molecule has 0 atom stereocenters. The van der Waals surface area contributed by atoms with Gasteiger partial charge in [-0.25, -0.2) is 4.79 Å². The summed E-state index contributed by atoms with van der Waals surface area (Å²) in [6, 6.07) is 9.07. The van der Waals surface area contributed by atoms with Gasteiger partial charge in [0.15, 0.2) is 0 Å². The molecule has 0 saturated carbocycles. The molecule has 0 aliphatic heterocycles. The monoisotopic (exact) mass is 356 g/mol. The van der Waals surface area contributed by atoms with Gasteiger partial charge >= 0.3 is 5.97 Å². The molecular weight excluding hydrogens is 336 g/mol. The smallest absolute Gasteiger partial charge is 0.338 e. The number of benzene rings is 1. The van der Waals surface area contributed by atoms with E-state index in [9.17, 15) is 15.2 Å². The summed E-state index contributed by atoms with van der Waals surface area (Å²) in [6.45, 7) is 7.91. The maximum Gasteiger partial charge on any atom is 0.338 e. The number of aromatic nitrogens is 1. The van der Waals surface area contributed by atoms with Crippen molar-refractivity contribution in [2.45, 2.75) is 40.0 Å². The Kier molecular flexibility index (Phi) is 5.81. The van der Waals surface area contributed by atoms with Crippen molar-refractivity contribution in [3.8, 4) is 17.2 Å². The molecule has 4 nitrogen and oxygen atoms in total. The third-order valence-electron chi connectivity index (χ3n) is 3.91. The average molecular weight is 357 g/mol. The second-order valence-corrected chi connectivity index (χ2v) is 7.18. The zero-order valence-electron chi connectivity index (χ0n) is 14.8. The van der Waals surface area contributed by atoms with E-state index in [0.717, 1.165) is 0 Å². The quantitative estimate of drug-likeness (QED) is 0.789. The van der Waals surface area contributed by atoms with Gasteiger partial charge in [-0.1, -0.05) is 51.4 Å². The van der Waals surface area contributed by atoms with E-state index < -0.39 is 5.97 Å². The number of aromatic carboxylic acids is 1. The summed E-state index contributed by atoms with van der Waals surface area (Å²) < 4.78 is 0. The third-order valence-corrected chi connectivity index (χ3v) is 4.16. The molecule has 130 valence electrons. The zero-order valence-corrected chi connectivity index (χ0v) is 15.6. The van der Waals surface area contributed by atoms with Crippen molar-refractivity contribution in [1.82, 2.24) is 4.98 Å². The summed E-state index contributed by atoms with van der Waals surface area (Å²) in [6.07, 6.45) is 0.614. The molecule has 0 spiro atoms. The van der Waals surface area contributed by atoms with E-state index in [1.807, 2.05) is 27.7 Å². The van der Waals surface area contributed by atoms with Crippen molar-refractivity contribution in [3.05, 3.63) is 51.8 Å². The van der Waals surface area contributed by atoms with Crippen LogP contribution in [0.5, 0.6) is 0 Å². The maximum atomic E-state index is 12.0. The van der Waals surface area contributed by atoms with Crippen molar-refractivity contribution in [1.29, 1.82) is 5.26 Å². The number of carbonyl (C=O) groups is 1. The largest absolute Gasteiger partial charge is 0.478 e. The Labute approximate surface area is 153 Å². The molecule has 2 aromatic rings. The molecule has 0 saturated heterocycles. The fraction of sp³-hybridized carbons (Fsp3) is 0.350. The van der Waals surface area contributed by atoms with Crippen molar-refractivity contribution < 1.29 is 9.90 Å². The van der Waals surface area contributed by atoms with Crippen molar-refractivity contribution in [2.24, 2.45) is 5.92 Å². The first-order valence-corrected chi connectivity index (χ1v) is 8.60. The molecule has 0 bridgehead atoms. The standard InChI is InChI=1S/C20H21ClN2O2/c1-11(2)9-16-15(10-22)17(13-5-7-14(21)8-6-13)18(20(24)25)19(23-16)12(3)4/h5-8,11-12H,9H2,1-4H3,(H,24,25). The van der Waals surface area contributed by atoms with E-state index in [1.165, 1.54) is 0 Å². The minimum absolute atomic E-state index is 0.0733. The number of nitriles is 1. The molecule has 0 aliphatic carbocycles. The van der Waals surface area contributed by atoms with Crippen LogP contribution in [0.15, 0.2) is 24.3 Å². The van der Waals surface area contributed by atoms with Crippen LogP contribution in [0.1, 0.15) is 60.9 Å². The Balaban J connectivity index is 2.93. The van der Waals surface area contributed by atoms with Gasteiger partial charge in [0.05, 0.1) is 22.5 Å². The Morgan fingerprint density at radius 1 is 1.24 bits per heavy atom. The van der Waals surface area contributed by atoms with Crippen LogP contribution in [-0.2, 0) is 6.42 Å². The van der Waals surface area contributed by atoms with Gasteiger partial charge in [-0.15, -0.1) is 0 Å². The normalized spacial score (nSPS) is 11.0. The molecule has 0 fully saturated rings. The van der Waals surface area contributed by atoms with Gasteiger partial charge in [0.1, 0.15) is 6.07 Å². The van der Waals surface area contributed by atoms with Crippen molar-refractivity contribution in [3.63, 3.8) is 0 Å². The summed E-state index contributed by atoms with van der Waals surface area (Å²) in [5.41, 5.74) is 2.68. The van der Waals surface area contributed by atoms with Gasteiger partial charge in [0, 0.05) is 10.6 Å². The fourth-order valence-corrected chi connectivity index (χ4v) is 2.97. The van der Waals surface area contributed by atoms with E-state index in [-0.39, 0.29) is 11.5 Å². The Bertz CT molecular complexity index is 834. The van der Waals surface area contributed by atoms with Crippen LogP contribution in [0.25, 0.3) is 11.1 Å². The molecule has 1 aromatic heterocycles. The first-order chi connectivity index (χ1) is 11.8. The summed E-state index contributed by atoms with van der Waals surface area (Å²) >= 11 is 5.96. The number of halogens is 1. The van der Waals surface area contributed by atoms with Gasteiger partial charge in [-0.3, -0.25) is 4.98 Å². The predicted octanol–water partition coefficient (Wildman–Crippen LogP) is 5.29. The molecule has 0 unspecified atom stereocenters. The first kappa shape index (κ1) is 19.0. The average Bonchev–Trinajstić information content (AvgIpc) is 2.53. The van der Waals surface area contributed by atoms with E-state index in [0.29, 0.717) is 45.4 Å². The number of carboxylic acids is 1. The Morgan fingerprint density at radius 2 is 1.84 bits per heavy atom. The Morgan fingerprint density at radius 3 is 2.28 bits per heavy atom. The lowest BCUT2D eigenvalue weighted by Crippen LogP contribution is -2.15. The topological polar surface area (TPSA) is 74.0 Å². The van der Waals surface area contributed by atoms with Crippen LogP contribution in [-0.4, -0.2) is 16.1 Å². The van der Waals surface area contributed by atoms with Gasteiger partial charge in [-0.2, -0.15) is 5.26 Å². The lowest BCUT2D eigenvalue weighted by Gasteiger charge is -2.19. The molecule has 5 heteroatoms. The maximum absolute atomic E-state index is 12.0. The molecule has 0 aliphatic rings. The fourth-order valence-electron chi connectivity index (χ4n) is 2.85. The van der Waals surface area contributed by atoms with E-state index in [1.54, 1.807) is 24.3 Å². The minimum atomic E-state index is -1.08. The van der Waals surface area contributed by atoms with E-state index in [2.05, 4.69) is 11.1 Å². The van der Waals surface area contributed by atoms with Gasteiger partial charge < -0.3 is 5.11 Å². The highest BCUT2D eigenvalue weighted by atomic mass is 35.5. The molecular formula is C20H21ClN2O2. The van der Waals surface area contributed by atoms with Crippen LogP contribution >= 0.6 is 11.6 Å². The molecule has 2 rings (SSSR count). The van der Waals surface area contributed by atoms with Crippen molar-refractivity contribution in [2.75, 3.05) is 0 Å². The molecule has 1 aromatic carbocycles. The second-order valence-electron chi connectivity index (χ2n) is 6.75.